The number of hydrogen-bond donors (Lipinski definition) is 3. The third kappa shape index (κ3) is 5.37. The fourth-order valence-corrected chi connectivity index (χ4v) is 4.60. The van der Waals surface area contributed by atoms with E-state index in [1.807, 2.05) is 42.5 Å². The highest BCUT2D eigenvalue weighted by molar-refractivity contribution is 8.01. The summed E-state index contributed by atoms with van der Waals surface area (Å²) < 4.78 is 1.97. The van der Waals surface area contributed by atoms with E-state index in [9.17, 15) is 9.59 Å². The summed E-state index contributed by atoms with van der Waals surface area (Å²) in [5, 5.41) is 8.37. The maximum atomic E-state index is 12.3. The van der Waals surface area contributed by atoms with Crippen LogP contribution in [0.3, 0.4) is 0 Å². The second kappa shape index (κ2) is 9.43. The Kier molecular flexibility index (Phi) is 6.26. The van der Waals surface area contributed by atoms with Crippen molar-refractivity contribution in [3.8, 4) is 0 Å². The third-order valence-corrected chi connectivity index (χ3v) is 6.22. The molecule has 1 aromatic heterocycles. The number of thiazole rings is 1. The summed E-state index contributed by atoms with van der Waals surface area (Å²) in [5.74, 6) is 0.122. The van der Waals surface area contributed by atoms with Crippen LogP contribution >= 0.6 is 23.1 Å². The first-order valence-electron chi connectivity index (χ1n) is 9.17. The number of urea groups is 1. The summed E-state index contributed by atoms with van der Waals surface area (Å²) in [6.07, 6.45) is 0. The van der Waals surface area contributed by atoms with Crippen LogP contribution in [0, 0.1) is 0 Å². The zero-order valence-electron chi connectivity index (χ0n) is 15.8. The minimum atomic E-state index is -0.351. The molecule has 0 bridgehead atoms. The summed E-state index contributed by atoms with van der Waals surface area (Å²) >= 11 is 2.98. The molecular weight excluding hydrogens is 416 g/mol. The van der Waals surface area contributed by atoms with Crippen molar-refractivity contribution in [2.45, 2.75) is 4.34 Å². The van der Waals surface area contributed by atoms with Crippen LogP contribution < -0.4 is 16.0 Å². The van der Waals surface area contributed by atoms with Crippen molar-refractivity contribution in [2.75, 3.05) is 21.7 Å². The second-order valence-corrected chi connectivity index (χ2v) is 8.56. The lowest BCUT2D eigenvalue weighted by Crippen LogP contribution is -2.19. The molecule has 0 aliphatic rings. The van der Waals surface area contributed by atoms with Gasteiger partial charge in [0.1, 0.15) is 0 Å². The fourth-order valence-electron chi connectivity index (χ4n) is 2.73. The molecule has 8 heteroatoms. The molecule has 0 aliphatic carbocycles. The number of para-hydroxylation sites is 2. The number of aromatic nitrogens is 1. The van der Waals surface area contributed by atoms with Crippen molar-refractivity contribution in [3.63, 3.8) is 0 Å². The van der Waals surface area contributed by atoms with Gasteiger partial charge in [0.2, 0.25) is 5.91 Å². The molecule has 6 nitrogen and oxygen atoms in total. The Morgan fingerprint density at radius 1 is 0.800 bits per heavy atom. The number of anilines is 3. The SMILES string of the molecule is O=C(CSc1nc2ccccc2s1)Nc1cccc(NC(=O)Nc2ccccc2)c1. The lowest BCUT2D eigenvalue weighted by Gasteiger charge is -2.10. The summed E-state index contributed by atoms with van der Waals surface area (Å²) in [5.41, 5.74) is 2.84. The van der Waals surface area contributed by atoms with E-state index in [0.717, 1.165) is 14.6 Å². The molecule has 3 aromatic carbocycles. The average molecular weight is 435 g/mol. The maximum Gasteiger partial charge on any atom is 0.323 e. The number of nitrogens with one attached hydrogen (secondary N) is 3. The quantitative estimate of drug-likeness (QED) is 0.341. The highest BCUT2D eigenvalue weighted by Crippen LogP contribution is 2.29. The number of carbonyl (C=O) groups excluding carboxylic acids is 2. The van der Waals surface area contributed by atoms with Gasteiger partial charge in [-0.05, 0) is 42.5 Å². The molecule has 0 aliphatic heterocycles. The van der Waals surface area contributed by atoms with E-state index in [4.69, 9.17) is 0 Å². The van der Waals surface area contributed by atoms with Gasteiger partial charge in [0.25, 0.3) is 0 Å². The molecule has 0 spiro atoms. The molecule has 30 heavy (non-hydrogen) atoms. The smallest absolute Gasteiger partial charge is 0.323 e. The van der Waals surface area contributed by atoms with Crippen molar-refractivity contribution in [3.05, 3.63) is 78.9 Å². The highest BCUT2D eigenvalue weighted by Gasteiger charge is 2.09. The van der Waals surface area contributed by atoms with Crippen LogP contribution in [0.25, 0.3) is 10.2 Å². The highest BCUT2D eigenvalue weighted by atomic mass is 32.2. The number of rotatable bonds is 6. The number of carbonyl (C=O) groups is 2. The van der Waals surface area contributed by atoms with E-state index >= 15 is 0 Å². The Morgan fingerprint density at radius 2 is 1.47 bits per heavy atom. The third-order valence-electron chi connectivity index (χ3n) is 4.04. The predicted octanol–water partition coefficient (Wildman–Crippen LogP) is 5.67. The van der Waals surface area contributed by atoms with Gasteiger partial charge in [0.05, 0.1) is 16.0 Å². The number of hydrogen-bond acceptors (Lipinski definition) is 5. The van der Waals surface area contributed by atoms with E-state index in [0.29, 0.717) is 17.1 Å². The molecule has 0 radical (unpaired) electrons. The predicted molar refractivity (Wildman–Crippen MR) is 124 cm³/mol. The first-order chi connectivity index (χ1) is 14.7. The Balaban J connectivity index is 1.30. The zero-order chi connectivity index (χ0) is 20.8. The first kappa shape index (κ1) is 19.9. The van der Waals surface area contributed by atoms with E-state index < -0.39 is 0 Å². The van der Waals surface area contributed by atoms with Gasteiger partial charge in [0.15, 0.2) is 4.34 Å². The van der Waals surface area contributed by atoms with Gasteiger partial charge in [-0.2, -0.15) is 0 Å². The maximum absolute atomic E-state index is 12.3. The molecule has 4 aromatic rings. The fraction of sp³-hybridized carbons (Fsp3) is 0.0455. The van der Waals surface area contributed by atoms with Crippen LogP contribution in [0.1, 0.15) is 0 Å². The van der Waals surface area contributed by atoms with Crippen LogP contribution in [0.2, 0.25) is 0 Å². The Morgan fingerprint density at radius 3 is 2.27 bits per heavy atom. The Labute approximate surface area is 181 Å². The average Bonchev–Trinajstić information content (AvgIpc) is 3.16. The molecule has 4 rings (SSSR count). The number of fused-ring (bicyclic) bond motifs is 1. The summed E-state index contributed by atoms with van der Waals surface area (Å²) in [4.78, 5) is 29.0. The molecule has 0 atom stereocenters. The minimum Gasteiger partial charge on any atom is -0.325 e. The molecule has 0 fully saturated rings. The summed E-state index contributed by atoms with van der Waals surface area (Å²) in [6.45, 7) is 0. The van der Waals surface area contributed by atoms with E-state index in [1.54, 1.807) is 47.7 Å². The van der Waals surface area contributed by atoms with E-state index in [1.165, 1.54) is 11.8 Å². The van der Waals surface area contributed by atoms with Crippen LogP contribution in [-0.2, 0) is 4.79 Å². The lowest BCUT2D eigenvalue weighted by atomic mass is 10.2. The number of benzene rings is 3. The minimum absolute atomic E-state index is 0.134. The van der Waals surface area contributed by atoms with Crippen molar-refractivity contribution in [2.24, 2.45) is 0 Å². The molecule has 150 valence electrons. The molecule has 0 saturated heterocycles. The Bertz CT molecular complexity index is 1140. The normalized spacial score (nSPS) is 10.5. The van der Waals surface area contributed by atoms with Crippen molar-refractivity contribution < 1.29 is 9.59 Å². The van der Waals surface area contributed by atoms with Gasteiger partial charge in [-0.1, -0.05) is 48.2 Å². The first-order valence-corrected chi connectivity index (χ1v) is 11.0. The van der Waals surface area contributed by atoms with Gasteiger partial charge < -0.3 is 16.0 Å². The lowest BCUT2D eigenvalue weighted by molar-refractivity contribution is -0.113. The van der Waals surface area contributed by atoms with Crippen LogP contribution in [0.15, 0.2) is 83.2 Å². The second-order valence-electron chi connectivity index (χ2n) is 6.31. The van der Waals surface area contributed by atoms with Gasteiger partial charge in [-0.25, -0.2) is 9.78 Å². The van der Waals surface area contributed by atoms with Gasteiger partial charge in [-0.15, -0.1) is 11.3 Å². The zero-order valence-corrected chi connectivity index (χ0v) is 17.4. The van der Waals surface area contributed by atoms with Crippen molar-refractivity contribution in [1.82, 2.24) is 4.98 Å². The molecule has 1 heterocycles. The topological polar surface area (TPSA) is 83.1 Å². The largest absolute Gasteiger partial charge is 0.325 e. The number of thioether (sulfide) groups is 1. The van der Waals surface area contributed by atoms with Gasteiger partial charge in [-0.3, -0.25) is 4.79 Å². The molecule has 3 N–H and O–H groups in total. The van der Waals surface area contributed by atoms with Gasteiger partial charge in [0, 0.05) is 17.1 Å². The molecule has 3 amide bonds. The van der Waals surface area contributed by atoms with E-state index in [-0.39, 0.29) is 17.7 Å². The van der Waals surface area contributed by atoms with Crippen LogP contribution in [0.4, 0.5) is 21.9 Å². The van der Waals surface area contributed by atoms with Crippen molar-refractivity contribution in [1.29, 1.82) is 0 Å². The number of amides is 3. The molecule has 0 unspecified atom stereocenters. The van der Waals surface area contributed by atoms with Crippen LogP contribution in [0.5, 0.6) is 0 Å². The standard InChI is InChI=1S/C22H18N4O2S2/c27-20(14-29-22-26-18-11-4-5-12-19(18)30-22)23-16-9-6-10-17(13-16)25-21(28)24-15-7-2-1-3-8-15/h1-13H,14H2,(H,23,27)(H2,24,25,28). The molecular formula is C22H18N4O2S2. The summed E-state index contributed by atoms with van der Waals surface area (Å²) in [6, 6.07) is 23.8. The summed E-state index contributed by atoms with van der Waals surface area (Å²) in [7, 11) is 0. The van der Waals surface area contributed by atoms with E-state index in [2.05, 4.69) is 20.9 Å². The monoisotopic (exact) mass is 434 g/mol. The Hall–Kier alpha value is -3.36. The van der Waals surface area contributed by atoms with Crippen molar-refractivity contribution >= 4 is 62.3 Å². The van der Waals surface area contributed by atoms with Gasteiger partial charge >= 0.3 is 6.03 Å². The molecule has 0 saturated carbocycles. The number of nitrogens with zero attached hydrogens (tertiary/aromatic N) is 1. The van der Waals surface area contributed by atoms with Crippen LogP contribution in [-0.4, -0.2) is 22.7 Å².